The number of nitrogens with zero attached hydrogens (tertiary/aromatic N) is 2. The van der Waals surface area contributed by atoms with Crippen molar-refractivity contribution < 1.29 is 14.4 Å². The number of benzene rings is 1. The van der Waals surface area contributed by atoms with Crippen LogP contribution in [-0.4, -0.2) is 53.2 Å². The summed E-state index contributed by atoms with van der Waals surface area (Å²) in [5, 5.41) is 2.32. The zero-order valence-corrected chi connectivity index (χ0v) is 14.6. The van der Waals surface area contributed by atoms with Gasteiger partial charge in [0.05, 0.1) is 0 Å². The van der Waals surface area contributed by atoms with Crippen molar-refractivity contribution in [1.29, 1.82) is 0 Å². The molecule has 2 atom stereocenters. The standard InChI is InChI=1S/C18H24N4O3/c1-11(19)8-21(2)9-12-3-4-14-13(7-12)10-22(18(14)25)15-5-6-16(23)20-17(15)24/h3-4,7,11,15H,5-6,8-10,19H2,1-2H3,(H,20,23,24). The van der Waals surface area contributed by atoms with E-state index in [-0.39, 0.29) is 30.2 Å². The Kier molecular flexibility index (Phi) is 4.87. The zero-order chi connectivity index (χ0) is 18.1. The summed E-state index contributed by atoms with van der Waals surface area (Å²) in [6, 6.07) is 5.34. The normalized spacial score (nSPS) is 21.5. The van der Waals surface area contributed by atoms with Crippen LogP contribution in [0.4, 0.5) is 0 Å². The highest BCUT2D eigenvalue weighted by molar-refractivity contribution is 6.05. The molecular formula is C18H24N4O3. The Morgan fingerprint density at radius 2 is 2.12 bits per heavy atom. The Hall–Kier alpha value is -2.25. The molecule has 0 radical (unpaired) electrons. The van der Waals surface area contributed by atoms with Crippen LogP contribution in [-0.2, 0) is 22.7 Å². The molecule has 0 aromatic heterocycles. The van der Waals surface area contributed by atoms with Crippen molar-refractivity contribution in [2.24, 2.45) is 5.73 Å². The summed E-state index contributed by atoms with van der Waals surface area (Å²) < 4.78 is 0. The van der Waals surface area contributed by atoms with Gasteiger partial charge in [-0.3, -0.25) is 19.7 Å². The number of fused-ring (bicyclic) bond motifs is 1. The summed E-state index contributed by atoms with van der Waals surface area (Å²) >= 11 is 0. The second-order valence-corrected chi connectivity index (χ2v) is 7.07. The van der Waals surface area contributed by atoms with E-state index in [2.05, 4.69) is 10.2 Å². The summed E-state index contributed by atoms with van der Waals surface area (Å²) in [6.07, 6.45) is 0.651. The first-order valence-corrected chi connectivity index (χ1v) is 8.55. The van der Waals surface area contributed by atoms with Gasteiger partial charge < -0.3 is 15.5 Å². The summed E-state index contributed by atoms with van der Waals surface area (Å²) in [4.78, 5) is 39.7. The average Bonchev–Trinajstić information content (AvgIpc) is 2.83. The van der Waals surface area contributed by atoms with E-state index < -0.39 is 6.04 Å². The van der Waals surface area contributed by atoms with Gasteiger partial charge in [-0.25, -0.2) is 0 Å². The minimum Gasteiger partial charge on any atom is -0.327 e. The molecule has 0 aliphatic carbocycles. The molecule has 1 aromatic carbocycles. The number of hydrogen-bond donors (Lipinski definition) is 2. The third kappa shape index (κ3) is 3.72. The second kappa shape index (κ2) is 6.93. The van der Waals surface area contributed by atoms with Gasteiger partial charge in [0, 0.05) is 37.7 Å². The van der Waals surface area contributed by atoms with E-state index in [4.69, 9.17) is 5.73 Å². The van der Waals surface area contributed by atoms with E-state index in [0.717, 1.165) is 24.2 Å². The first-order chi connectivity index (χ1) is 11.8. The fourth-order valence-corrected chi connectivity index (χ4v) is 3.59. The Balaban J connectivity index is 1.73. The Labute approximate surface area is 147 Å². The highest BCUT2D eigenvalue weighted by atomic mass is 16.2. The van der Waals surface area contributed by atoms with Crippen molar-refractivity contribution in [3.63, 3.8) is 0 Å². The number of nitrogens with one attached hydrogen (secondary N) is 1. The van der Waals surface area contributed by atoms with E-state index in [1.807, 2.05) is 32.2 Å². The van der Waals surface area contributed by atoms with Gasteiger partial charge in [0.25, 0.3) is 5.91 Å². The number of carbonyl (C=O) groups is 3. The quantitative estimate of drug-likeness (QED) is 0.746. The zero-order valence-electron chi connectivity index (χ0n) is 14.6. The van der Waals surface area contributed by atoms with Crippen LogP contribution < -0.4 is 11.1 Å². The maximum atomic E-state index is 12.6. The van der Waals surface area contributed by atoms with Gasteiger partial charge in [-0.1, -0.05) is 12.1 Å². The van der Waals surface area contributed by atoms with Crippen LogP contribution in [0.25, 0.3) is 0 Å². The highest BCUT2D eigenvalue weighted by Gasteiger charge is 2.39. The molecule has 25 heavy (non-hydrogen) atoms. The molecule has 1 aromatic rings. The molecule has 3 rings (SSSR count). The molecule has 7 nitrogen and oxygen atoms in total. The first-order valence-electron chi connectivity index (χ1n) is 8.55. The van der Waals surface area contributed by atoms with Crippen molar-refractivity contribution in [2.75, 3.05) is 13.6 Å². The molecule has 2 aliphatic heterocycles. The number of carbonyl (C=O) groups excluding carboxylic acids is 3. The average molecular weight is 344 g/mol. The van der Waals surface area contributed by atoms with Crippen molar-refractivity contribution in [3.8, 4) is 0 Å². The lowest BCUT2D eigenvalue weighted by Crippen LogP contribution is -2.52. The predicted octanol–water partition coefficient (Wildman–Crippen LogP) is 0.227. The molecule has 134 valence electrons. The van der Waals surface area contributed by atoms with Crippen molar-refractivity contribution in [1.82, 2.24) is 15.1 Å². The smallest absolute Gasteiger partial charge is 0.255 e. The first kappa shape index (κ1) is 17.6. The molecule has 3 N–H and O–H groups in total. The van der Waals surface area contributed by atoms with Crippen LogP contribution >= 0.6 is 0 Å². The Morgan fingerprint density at radius 1 is 1.36 bits per heavy atom. The third-order valence-corrected chi connectivity index (χ3v) is 4.64. The fraction of sp³-hybridized carbons (Fsp3) is 0.500. The number of imide groups is 1. The van der Waals surface area contributed by atoms with E-state index in [0.29, 0.717) is 18.5 Å². The van der Waals surface area contributed by atoms with E-state index >= 15 is 0 Å². The van der Waals surface area contributed by atoms with E-state index in [1.165, 1.54) is 0 Å². The van der Waals surface area contributed by atoms with Crippen molar-refractivity contribution in [2.45, 2.75) is 44.9 Å². The van der Waals surface area contributed by atoms with Gasteiger partial charge in [-0.2, -0.15) is 0 Å². The van der Waals surface area contributed by atoms with E-state index in [9.17, 15) is 14.4 Å². The van der Waals surface area contributed by atoms with Crippen molar-refractivity contribution in [3.05, 3.63) is 34.9 Å². The van der Waals surface area contributed by atoms with Crippen LogP contribution in [0, 0.1) is 0 Å². The second-order valence-electron chi connectivity index (χ2n) is 7.07. The molecule has 2 aliphatic rings. The minimum absolute atomic E-state index is 0.101. The molecule has 2 heterocycles. The number of rotatable bonds is 5. The summed E-state index contributed by atoms with van der Waals surface area (Å²) in [6.45, 7) is 3.92. The summed E-state index contributed by atoms with van der Waals surface area (Å²) in [5.74, 6) is -0.792. The molecule has 0 bridgehead atoms. The summed E-state index contributed by atoms with van der Waals surface area (Å²) in [7, 11) is 2.01. The van der Waals surface area contributed by atoms with Crippen LogP contribution in [0.15, 0.2) is 18.2 Å². The Bertz CT molecular complexity index is 716. The monoisotopic (exact) mass is 344 g/mol. The molecule has 2 unspecified atom stereocenters. The maximum absolute atomic E-state index is 12.6. The van der Waals surface area contributed by atoms with Crippen LogP contribution in [0.2, 0.25) is 0 Å². The van der Waals surface area contributed by atoms with Gasteiger partial charge in [-0.05, 0) is 37.6 Å². The van der Waals surface area contributed by atoms with Gasteiger partial charge in [-0.15, -0.1) is 0 Å². The Morgan fingerprint density at radius 3 is 2.80 bits per heavy atom. The number of amides is 3. The topological polar surface area (TPSA) is 95.7 Å². The van der Waals surface area contributed by atoms with Gasteiger partial charge in [0.2, 0.25) is 11.8 Å². The van der Waals surface area contributed by atoms with Gasteiger partial charge in [0.1, 0.15) is 6.04 Å². The molecular weight excluding hydrogens is 320 g/mol. The van der Waals surface area contributed by atoms with Crippen LogP contribution in [0.3, 0.4) is 0 Å². The molecule has 0 spiro atoms. The predicted molar refractivity (Wildman–Crippen MR) is 92.5 cm³/mol. The molecule has 3 amide bonds. The lowest BCUT2D eigenvalue weighted by Gasteiger charge is -2.29. The van der Waals surface area contributed by atoms with Crippen LogP contribution in [0.1, 0.15) is 41.3 Å². The van der Waals surface area contributed by atoms with Gasteiger partial charge in [0.15, 0.2) is 0 Å². The SMILES string of the molecule is CC(N)CN(C)Cc1ccc2c(c1)CN(C1CCC(=O)NC1=O)C2=O. The number of nitrogens with two attached hydrogens (primary N) is 1. The maximum Gasteiger partial charge on any atom is 0.255 e. The molecule has 0 saturated carbocycles. The molecule has 1 saturated heterocycles. The lowest BCUT2D eigenvalue weighted by molar-refractivity contribution is -0.136. The number of piperidine rings is 1. The number of likely N-dealkylation sites (N-methyl/N-ethyl adjacent to an activating group) is 1. The van der Waals surface area contributed by atoms with Crippen molar-refractivity contribution >= 4 is 17.7 Å². The lowest BCUT2D eigenvalue weighted by atomic mass is 10.0. The fourth-order valence-electron chi connectivity index (χ4n) is 3.59. The minimum atomic E-state index is -0.568. The number of hydrogen-bond acceptors (Lipinski definition) is 5. The van der Waals surface area contributed by atoms with E-state index in [1.54, 1.807) is 4.90 Å². The summed E-state index contributed by atoms with van der Waals surface area (Å²) in [5.41, 5.74) is 8.51. The highest BCUT2D eigenvalue weighted by Crippen LogP contribution is 2.28. The van der Waals surface area contributed by atoms with Gasteiger partial charge >= 0.3 is 0 Å². The third-order valence-electron chi connectivity index (χ3n) is 4.64. The van der Waals surface area contributed by atoms with Crippen LogP contribution in [0.5, 0.6) is 0 Å². The molecule has 1 fully saturated rings. The largest absolute Gasteiger partial charge is 0.327 e. The molecule has 7 heteroatoms.